The predicted octanol–water partition coefficient (Wildman–Crippen LogP) is 3.85. The first-order valence-electron chi connectivity index (χ1n) is 7.67. The van der Waals surface area contributed by atoms with E-state index in [0.29, 0.717) is 12.8 Å². The summed E-state index contributed by atoms with van der Waals surface area (Å²) in [6, 6.07) is 3.53. The number of halogens is 3. The van der Waals surface area contributed by atoms with Crippen molar-refractivity contribution in [3.05, 3.63) is 29.8 Å². The normalized spacial score (nSPS) is 21.4. The van der Waals surface area contributed by atoms with E-state index in [4.69, 9.17) is 0 Å². The van der Waals surface area contributed by atoms with E-state index in [1.54, 1.807) is 0 Å². The number of urea groups is 1. The van der Waals surface area contributed by atoms with Crippen molar-refractivity contribution >= 4 is 17.6 Å². The molecule has 1 saturated heterocycles. The van der Waals surface area contributed by atoms with Gasteiger partial charge in [0.1, 0.15) is 5.54 Å². The van der Waals surface area contributed by atoms with Gasteiger partial charge in [0.2, 0.25) is 0 Å². The molecule has 1 aromatic carbocycles. The topological polar surface area (TPSA) is 49.4 Å². The second kappa shape index (κ2) is 5.54. The van der Waals surface area contributed by atoms with E-state index < -0.39 is 23.3 Å². The lowest BCUT2D eigenvalue weighted by Gasteiger charge is -2.24. The van der Waals surface area contributed by atoms with Crippen LogP contribution in [0.15, 0.2) is 24.3 Å². The summed E-state index contributed by atoms with van der Waals surface area (Å²) in [5.74, 6) is -0.357. The molecule has 1 aliphatic heterocycles. The second-order valence-corrected chi connectivity index (χ2v) is 6.11. The van der Waals surface area contributed by atoms with Crippen molar-refractivity contribution in [2.75, 3.05) is 4.90 Å². The maximum Gasteiger partial charge on any atom is 0.416 e. The summed E-state index contributed by atoms with van der Waals surface area (Å²) >= 11 is 0. The molecule has 2 fully saturated rings. The fraction of sp³-hybridized carbons (Fsp3) is 0.500. The molecule has 7 heteroatoms. The molecule has 1 N–H and O–H groups in total. The van der Waals surface area contributed by atoms with Gasteiger partial charge in [0.25, 0.3) is 5.91 Å². The van der Waals surface area contributed by atoms with E-state index in [0.717, 1.165) is 54.8 Å². The number of benzene rings is 1. The highest BCUT2D eigenvalue weighted by atomic mass is 19.4. The third-order valence-corrected chi connectivity index (χ3v) is 4.57. The lowest BCUT2D eigenvalue weighted by atomic mass is 9.90. The molecule has 0 radical (unpaired) electrons. The van der Waals surface area contributed by atoms with Gasteiger partial charge in [-0.25, -0.2) is 9.69 Å². The summed E-state index contributed by atoms with van der Waals surface area (Å²) in [7, 11) is 0. The highest BCUT2D eigenvalue weighted by Gasteiger charge is 2.51. The molecule has 0 atom stereocenters. The number of amides is 3. The average molecular weight is 326 g/mol. The molecule has 1 saturated carbocycles. The summed E-state index contributed by atoms with van der Waals surface area (Å²) < 4.78 is 37.9. The van der Waals surface area contributed by atoms with Gasteiger partial charge in [-0.3, -0.25) is 4.79 Å². The van der Waals surface area contributed by atoms with Crippen LogP contribution in [-0.2, 0) is 11.0 Å². The van der Waals surface area contributed by atoms with Crippen molar-refractivity contribution in [2.24, 2.45) is 0 Å². The Bertz CT molecular complexity index is 617. The van der Waals surface area contributed by atoms with Crippen molar-refractivity contribution in [3.63, 3.8) is 0 Å². The molecule has 1 spiro atoms. The largest absolute Gasteiger partial charge is 0.416 e. The standard InChI is InChI=1S/C16H17F3N2O2/c17-16(18,19)11-5-7-12(8-6-11)21-13(22)15(20-14(21)23)9-3-1-2-4-10-15/h5-8H,1-4,9-10H2,(H,20,23). The summed E-state index contributed by atoms with van der Waals surface area (Å²) in [6.07, 6.45) is 0.456. The summed E-state index contributed by atoms with van der Waals surface area (Å²) in [5.41, 5.74) is -1.53. The summed E-state index contributed by atoms with van der Waals surface area (Å²) in [4.78, 5) is 25.9. The molecule has 0 bridgehead atoms. The molecule has 4 nitrogen and oxygen atoms in total. The number of carbonyl (C=O) groups excluding carboxylic acids is 2. The lowest BCUT2D eigenvalue weighted by Crippen LogP contribution is -2.46. The number of alkyl halides is 3. The van der Waals surface area contributed by atoms with Crippen LogP contribution < -0.4 is 10.2 Å². The molecule has 1 aromatic rings. The lowest BCUT2D eigenvalue weighted by molar-refractivity contribution is -0.137. The first-order valence-corrected chi connectivity index (χ1v) is 7.67. The van der Waals surface area contributed by atoms with E-state index >= 15 is 0 Å². The second-order valence-electron chi connectivity index (χ2n) is 6.11. The fourth-order valence-electron chi connectivity index (χ4n) is 3.33. The van der Waals surface area contributed by atoms with Gasteiger partial charge < -0.3 is 5.32 Å². The smallest absolute Gasteiger partial charge is 0.323 e. The fourth-order valence-corrected chi connectivity index (χ4v) is 3.33. The Labute approximate surface area is 131 Å². The van der Waals surface area contributed by atoms with Crippen molar-refractivity contribution in [3.8, 4) is 0 Å². The van der Waals surface area contributed by atoms with E-state index in [2.05, 4.69) is 5.32 Å². The average Bonchev–Trinajstić information content (AvgIpc) is 2.66. The minimum absolute atomic E-state index is 0.168. The number of nitrogens with zero attached hydrogens (tertiary/aromatic N) is 1. The van der Waals surface area contributed by atoms with Gasteiger partial charge in [-0.05, 0) is 37.1 Å². The first kappa shape index (κ1) is 15.8. The third-order valence-electron chi connectivity index (χ3n) is 4.57. The minimum Gasteiger partial charge on any atom is -0.323 e. The zero-order chi connectivity index (χ0) is 16.7. The number of carbonyl (C=O) groups is 2. The molecule has 124 valence electrons. The maximum absolute atomic E-state index is 12.7. The van der Waals surface area contributed by atoms with E-state index in [1.807, 2.05) is 0 Å². The number of rotatable bonds is 1. The highest BCUT2D eigenvalue weighted by Crippen LogP contribution is 2.36. The minimum atomic E-state index is -4.45. The first-order chi connectivity index (χ1) is 10.8. The van der Waals surface area contributed by atoms with Gasteiger partial charge >= 0.3 is 12.2 Å². The van der Waals surface area contributed by atoms with Crippen molar-refractivity contribution < 1.29 is 22.8 Å². The Morgan fingerprint density at radius 2 is 1.52 bits per heavy atom. The molecule has 3 amide bonds. The molecule has 1 heterocycles. The van der Waals surface area contributed by atoms with Crippen molar-refractivity contribution in [2.45, 2.75) is 50.2 Å². The van der Waals surface area contributed by atoms with E-state index in [1.165, 1.54) is 0 Å². The van der Waals surface area contributed by atoms with Crippen LogP contribution in [0.25, 0.3) is 0 Å². The number of hydrogen-bond donors (Lipinski definition) is 1. The van der Waals surface area contributed by atoms with Gasteiger partial charge in [0.05, 0.1) is 11.3 Å². The van der Waals surface area contributed by atoms with Gasteiger partial charge in [-0.1, -0.05) is 25.7 Å². The van der Waals surface area contributed by atoms with Crippen LogP contribution in [0.4, 0.5) is 23.7 Å². The molecule has 3 rings (SSSR count). The molecule has 1 aliphatic carbocycles. The highest BCUT2D eigenvalue weighted by molar-refractivity contribution is 6.23. The van der Waals surface area contributed by atoms with Gasteiger partial charge in [0, 0.05) is 0 Å². The van der Waals surface area contributed by atoms with Crippen LogP contribution in [0.5, 0.6) is 0 Å². The Kier molecular flexibility index (Phi) is 3.82. The maximum atomic E-state index is 12.7. The van der Waals surface area contributed by atoms with E-state index in [9.17, 15) is 22.8 Å². The summed E-state index contributed by atoms with van der Waals surface area (Å²) in [6.45, 7) is 0. The number of imide groups is 1. The third kappa shape index (κ3) is 2.80. The molecule has 0 aromatic heterocycles. The zero-order valence-corrected chi connectivity index (χ0v) is 12.4. The zero-order valence-electron chi connectivity index (χ0n) is 12.4. The van der Waals surface area contributed by atoms with Crippen molar-refractivity contribution in [1.82, 2.24) is 5.32 Å². The Hall–Kier alpha value is -2.05. The Balaban J connectivity index is 1.88. The SMILES string of the molecule is O=C1NC2(CCCCCC2)C(=O)N1c1ccc(C(F)(F)F)cc1. The summed E-state index contributed by atoms with van der Waals surface area (Å²) in [5, 5.41) is 2.77. The van der Waals surface area contributed by atoms with Crippen LogP contribution in [0.1, 0.15) is 44.1 Å². The van der Waals surface area contributed by atoms with Crippen molar-refractivity contribution in [1.29, 1.82) is 0 Å². The molecular formula is C16H17F3N2O2. The molecular weight excluding hydrogens is 309 g/mol. The van der Waals surface area contributed by atoms with Crippen LogP contribution in [0, 0.1) is 0 Å². The quantitative estimate of drug-likeness (QED) is 0.797. The molecule has 0 unspecified atom stereocenters. The van der Waals surface area contributed by atoms with E-state index in [-0.39, 0.29) is 11.6 Å². The Morgan fingerprint density at radius 1 is 0.957 bits per heavy atom. The van der Waals surface area contributed by atoms with Crippen LogP contribution >= 0.6 is 0 Å². The molecule has 2 aliphatic rings. The molecule has 23 heavy (non-hydrogen) atoms. The van der Waals surface area contributed by atoms with Gasteiger partial charge in [0.15, 0.2) is 0 Å². The monoisotopic (exact) mass is 326 g/mol. The number of anilines is 1. The number of nitrogens with one attached hydrogen (secondary N) is 1. The predicted molar refractivity (Wildman–Crippen MR) is 77.9 cm³/mol. The number of hydrogen-bond acceptors (Lipinski definition) is 2. The van der Waals surface area contributed by atoms with Gasteiger partial charge in [-0.2, -0.15) is 13.2 Å². The van der Waals surface area contributed by atoms with Crippen LogP contribution in [0.3, 0.4) is 0 Å². The van der Waals surface area contributed by atoms with Crippen LogP contribution in [0.2, 0.25) is 0 Å². The Morgan fingerprint density at radius 3 is 2.04 bits per heavy atom. The van der Waals surface area contributed by atoms with Gasteiger partial charge in [-0.15, -0.1) is 0 Å². The van der Waals surface area contributed by atoms with Crippen LogP contribution in [-0.4, -0.2) is 17.5 Å².